The number of hydrogen-bond acceptors (Lipinski definition) is 3. The van der Waals surface area contributed by atoms with Crippen molar-refractivity contribution >= 4 is 5.91 Å². The molecule has 1 aliphatic rings. The molecule has 2 rings (SSSR count). The maximum absolute atomic E-state index is 11.9. The third-order valence-corrected chi connectivity index (χ3v) is 3.52. The monoisotopic (exact) mass is 247 g/mol. The Morgan fingerprint density at radius 3 is 2.78 bits per heavy atom. The summed E-state index contributed by atoms with van der Waals surface area (Å²) in [4.78, 5) is 15.9. The number of piperidine rings is 1. The van der Waals surface area contributed by atoms with E-state index in [0.29, 0.717) is 12.3 Å². The minimum atomic E-state index is 0.0576. The van der Waals surface area contributed by atoms with Gasteiger partial charge < -0.3 is 10.6 Å². The Balaban J connectivity index is 1.80. The summed E-state index contributed by atoms with van der Waals surface area (Å²) in [6.07, 6.45) is 6.38. The van der Waals surface area contributed by atoms with Gasteiger partial charge in [0.15, 0.2) is 0 Å². The molecular formula is C14H21N3O. The molecule has 2 heterocycles. The van der Waals surface area contributed by atoms with Gasteiger partial charge in [-0.2, -0.15) is 0 Å². The molecule has 0 aromatic carbocycles. The molecule has 1 aromatic heterocycles. The predicted molar refractivity (Wildman–Crippen MR) is 71.0 cm³/mol. The molecule has 0 saturated carbocycles. The van der Waals surface area contributed by atoms with Crippen molar-refractivity contribution in [3.63, 3.8) is 0 Å². The van der Waals surface area contributed by atoms with Crippen LogP contribution >= 0.6 is 0 Å². The number of carbonyl (C=O) groups excluding carboxylic acids is 1. The van der Waals surface area contributed by atoms with Crippen LogP contribution in [-0.4, -0.2) is 24.0 Å². The molecular weight excluding hydrogens is 226 g/mol. The van der Waals surface area contributed by atoms with E-state index in [1.807, 2.05) is 19.1 Å². The topological polar surface area (TPSA) is 54.0 Å². The van der Waals surface area contributed by atoms with Crippen molar-refractivity contribution in [2.24, 2.45) is 5.92 Å². The van der Waals surface area contributed by atoms with E-state index in [2.05, 4.69) is 15.6 Å². The van der Waals surface area contributed by atoms with Gasteiger partial charge in [-0.05, 0) is 56.5 Å². The maximum atomic E-state index is 11.9. The summed E-state index contributed by atoms with van der Waals surface area (Å²) in [7, 11) is 0. The fourth-order valence-electron chi connectivity index (χ4n) is 2.38. The van der Waals surface area contributed by atoms with Crippen molar-refractivity contribution in [1.82, 2.24) is 15.6 Å². The van der Waals surface area contributed by atoms with E-state index in [4.69, 9.17) is 0 Å². The summed E-state index contributed by atoms with van der Waals surface area (Å²) in [5, 5.41) is 6.37. The van der Waals surface area contributed by atoms with Crippen molar-refractivity contribution in [2.75, 3.05) is 13.1 Å². The maximum Gasteiger partial charge on any atom is 0.220 e. The van der Waals surface area contributed by atoms with Crippen LogP contribution < -0.4 is 10.6 Å². The number of hydrogen-bond donors (Lipinski definition) is 2. The van der Waals surface area contributed by atoms with E-state index < -0.39 is 0 Å². The number of rotatable bonds is 4. The first-order chi connectivity index (χ1) is 8.75. The van der Waals surface area contributed by atoms with E-state index in [1.54, 1.807) is 12.4 Å². The summed E-state index contributed by atoms with van der Waals surface area (Å²) in [6, 6.07) is 3.94. The highest BCUT2D eigenvalue weighted by Crippen LogP contribution is 2.17. The average molecular weight is 247 g/mol. The summed E-state index contributed by atoms with van der Waals surface area (Å²) in [6.45, 7) is 4.09. The van der Waals surface area contributed by atoms with Crippen LogP contribution in [0.4, 0.5) is 0 Å². The van der Waals surface area contributed by atoms with E-state index >= 15 is 0 Å². The summed E-state index contributed by atoms with van der Waals surface area (Å²) >= 11 is 0. The third kappa shape index (κ3) is 3.81. The van der Waals surface area contributed by atoms with Gasteiger partial charge in [0.2, 0.25) is 5.91 Å². The van der Waals surface area contributed by atoms with Crippen LogP contribution in [0.2, 0.25) is 0 Å². The lowest BCUT2D eigenvalue weighted by atomic mass is 9.94. The summed E-state index contributed by atoms with van der Waals surface area (Å²) in [5.74, 6) is 0.696. The molecule has 1 amide bonds. The Bertz CT molecular complexity index is 374. The molecule has 0 aliphatic carbocycles. The van der Waals surface area contributed by atoms with Gasteiger partial charge in [-0.3, -0.25) is 9.78 Å². The zero-order chi connectivity index (χ0) is 12.8. The molecule has 0 unspecified atom stereocenters. The van der Waals surface area contributed by atoms with Crippen LogP contribution in [0.15, 0.2) is 24.5 Å². The second kappa shape index (κ2) is 6.50. The standard InChI is InChI=1S/C14H21N3O/c1-11(13-4-8-16-9-5-13)17-14(18)10-12-2-6-15-7-3-12/h4-5,8-9,11-12,15H,2-3,6-7,10H2,1H3,(H,17,18)/t11-/m1/s1. The first kappa shape index (κ1) is 13.0. The molecule has 4 nitrogen and oxygen atoms in total. The Morgan fingerprint density at radius 1 is 1.44 bits per heavy atom. The lowest BCUT2D eigenvalue weighted by Crippen LogP contribution is -2.33. The number of amides is 1. The number of aromatic nitrogens is 1. The first-order valence-electron chi connectivity index (χ1n) is 6.65. The molecule has 0 bridgehead atoms. The van der Waals surface area contributed by atoms with Crippen LogP contribution in [0.5, 0.6) is 0 Å². The van der Waals surface area contributed by atoms with Crippen LogP contribution in [0.25, 0.3) is 0 Å². The second-order valence-corrected chi connectivity index (χ2v) is 4.97. The average Bonchev–Trinajstić information content (AvgIpc) is 2.40. The predicted octanol–water partition coefficient (Wildman–Crippen LogP) is 1.65. The van der Waals surface area contributed by atoms with Gasteiger partial charge >= 0.3 is 0 Å². The fraction of sp³-hybridized carbons (Fsp3) is 0.571. The van der Waals surface area contributed by atoms with Crippen LogP contribution in [0.1, 0.15) is 37.8 Å². The van der Waals surface area contributed by atoms with Crippen molar-refractivity contribution in [1.29, 1.82) is 0 Å². The first-order valence-corrected chi connectivity index (χ1v) is 6.65. The van der Waals surface area contributed by atoms with Crippen molar-refractivity contribution in [3.05, 3.63) is 30.1 Å². The molecule has 4 heteroatoms. The second-order valence-electron chi connectivity index (χ2n) is 4.97. The molecule has 1 saturated heterocycles. The Labute approximate surface area is 108 Å². The molecule has 18 heavy (non-hydrogen) atoms. The lowest BCUT2D eigenvalue weighted by molar-refractivity contribution is -0.122. The molecule has 1 fully saturated rings. The normalized spacial score (nSPS) is 18.3. The van der Waals surface area contributed by atoms with Gasteiger partial charge in [-0.1, -0.05) is 0 Å². The highest BCUT2D eigenvalue weighted by atomic mass is 16.1. The number of pyridine rings is 1. The van der Waals surface area contributed by atoms with E-state index in [0.717, 1.165) is 31.5 Å². The molecule has 1 atom stereocenters. The SMILES string of the molecule is C[C@@H](NC(=O)CC1CCNCC1)c1ccncc1. The lowest BCUT2D eigenvalue weighted by Gasteiger charge is -2.23. The third-order valence-electron chi connectivity index (χ3n) is 3.52. The van der Waals surface area contributed by atoms with Gasteiger partial charge in [-0.15, -0.1) is 0 Å². The minimum absolute atomic E-state index is 0.0576. The molecule has 2 N–H and O–H groups in total. The zero-order valence-electron chi connectivity index (χ0n) is 10.9. The molecule has 1 aliphatic heterocycles. The number of carbonyl (C=O) groups is 1. The number of nitrogens with zero attached hydrogens (tertiary/aromatic N) is 1. The van der Waals surface area contributed by atoms with E-state index in [1.165, 1.54) is 0 Å². The largest absolute Gasteiger partial charge is 0.350 e. The highest BCUT2D eigenvalue weighted by molar-refractivity contribution is 5.76. The highest BCUT2D eigenvalue weighted by Gasteiger charge is 2.18. The molecule has 0 radical (unpaired) electrons. The van der Waals surface area contributed by atoms with Gasteiger partial charge in [0.1, 0.15) is 0 Å². The molecule has 98 valence electrons. The van der Waals surface area contributed by atoms with Gasteiger partial charge in [-0.25, -0.2) is 0 Å². The fourth-order valence-corrected chi connectivity index (χ4v) is 2.38. The Hall–Kier alpha value is -1.42. The van der Waals surface area contributed by atoms with Crippen molar-refractivity contribution < 1.29 is 4.79 Å². The minimum Gasteiger partial charge on any atom is -0.350 e. The van der Waals surface area contributed by atoms with Crippen LogP contribution in [0, 0.1) is 5.92 Å². The Kier molecular flexibility index (Phi) is 4.70. The van der Waals surface area contributed by atoms with Crippen LogP contribution in [0.3, 0.4) is 0 Å². The van der Waals surface area contributed by atoms with Crippen molar-refractivity contribution in [2.45, 2.75) is 32.2 Å². The van der Waals surface area contributed by atoms with Gasteiger partial charge in [0.25, 0.3) is 0 Å². The number of nitrogens with one attached hydrogen (secondary N) is 2. The quantitative estimate of drug-likeness (QED) is 0.850. The smallest absolute Gasteiger partial charge is 0.220 e. The molecule has 1 aromatic rings. The van der Waals surface area contributed by atoms with E-state index in [-0.39, 0.29) is 11.9 Å². The summed E-state index contributed by atoms with van der Waals surface area (Å²) < 4.78 is 0. The van der Waals surface area contributed by atoms with Crippen molar-refractivity contribution in [3.8, 4) is 0 Å². The summed E-state index contributed by atoms with van der Waals surface area (Å²) in [5.41, 5.74) is 1.10. The van der Waals surface area contributed by atoms with Gasteiger partial charge in [0.05, 0.1) is 6.04 Å². The van der Waals surface area contributed by atoms with Crippen LogP contribution in [-0.2, 0) is 4.79 Å². The van der Waals surface area contributed by atoms with Gasteiger partial charge in [0, 0.05) is 18.8 Å². The zero-order valence-corrected chi connectivity index (χ0v) is 10.9. The van der Waals surface area contributed by atoms with E-state index in [9.17, 15) is 4.79 Å². The Morgan fingerprint density at radius 2 is 2.11 bits per heavy atom. The molecule has 0 spiro atoms.